The Morgan fingerprint density at radius 3 is 2.91 bits per heavy atom. The zero-order chi connectivity index (χ0) is 8.10. The van der Waals surface area contributed by atoms with Crippen LogP contribution in [0.25, 0.3) is 0 Å². The van der Waals surface area contributed by atoms with E-state index < -0.39 is 0 Å². The summed E-state index contributed by atoms with van der Waals surface area (Å²) < 4.78 is 0. The summed E-state index contributed by atoms with van der Waals surface area (Å²) in [4.78, 5) is 13.2. The summed E-state index contributed by atoms with van der Waals surface area (Å²) in [5.41, 5.74) is 0. The number of amides is 1. The molecule has 0 atom stereocenters. The van der Waals surface area contributed by atoms with Gasteiger partial charge in [0.25, 0.3) is 0 Å². The van der Waals surface area contributed by atoms with Gasteiger partial charge in [-0.05, 0) is 12.8 Å². The van der Waals surface area contributed by atoms with E-state index in [1.54, 1.807) is 0 Å². The topological polar surface area (TPSA) is 20.3 Å². The quantitative estimate of drug-likeness (QED) is 0.551. The predicted octanol–water partition coefficient (Wildman–Crippen LogP) is 1.58. The molecular formula is C9H15NO. The van der Waals surface area contributed by atoms with Crippen LogP contribution in [0.1, 0.15) is 26.2 Å². The largest absolute Gasteiger partial charge is 0.339 e. The molecule has 0 aromatic heterocycles. The average Bonchev–Trinajstić information content (AvgIpc) is 2.07. The molecule has 62 valence electrons. The van der Waals surface area contributed by atoms with Gasteiger partial charge in [0.1, 0.15) is 0 Å². The summed E-state index contributed by atoms with van der Waals surface area (Å²) in [6.07, 6.45) is 6.88. The minimum Gasteiger partial charge on any atom is -0.339 e. The Balaban J connectivity index is 2.34. The van der Waals surface area contributed by atoms with E-state index in [0.717, 1.165) is 25.9 Å². The molecular weight excluding hydrogens is 138 g/mol. The molecule has 0 N–H and O–H groups in total. The summed E-state index contributed by atoms with van der Waals surface area (Å²) in [5.74, 6) is 0.303. The van der Waals surface area contributed by atoms with E-state index in [4.69, 9.17) is 0 Å². The van der Waals surface area contributed by atoms with Gasteiger partial charge >= 0.3 is 0 Å². The maximum Gasteiger partial charge on any atom is 0.222 e. The van der Waals surface area contributed by atoms with Crippen molar-refractivity contribution in [2.75, 3.05) is 13.1 Å². The second kappa shape index (κ2) is 4.16. The fourth-order valence-electron chi connectivity index (χ4n) is 1.24. The Labute approximate surface area is 67.9 Å². The second-order valence-electron chi connectivity index (χ2n) is 2.85. The van der Waals surface area contributed by atoms with Crippen molar-refractivity contribution in [3.8, 4) is 0 Å². The maximum absolute atomic E-state index is 11.3. The third-order valence-electron chi connectivity index (χ3n) is 1.87. The molecule has 2 heteroatoms. The first-order chi connectivity index (χ1) is 5.34. The van der Waals surface area contributed by atoms with Gasteiger partial charge in [0.15, 0.2) is 0 Å². The third kappa shape index (κ3) is 2.37. The van der Waals surface area contributed by atoms with E-state index in [1.165, 1.54) is 0 Å². The number of rotatable bonds is 2. The molecule has 0 aromatic carbocycles. The van der Waals surface area contributed by atoms with Crippen LogP contribution in [-0.4, -0.2) is 23.9 Å². The van der Waals surface area contributed by atoms with E-state index in [0.29, 0.717) is 12.3 Å². The van der Waals surface area contributed by atoms with Crippen LogP contribution in [0.5, 0.6) is 0 Å². The highest BCUT2D eigenvalue weighted by molar-refractivity contribution is 5.76. The Kier molecular flexibility index (Phi) is 3.14. The number of carbonyl (C=O) groups excluding carboxylic acids is 1. The Hall–Kier alpha value is -0.790. The summed E-state index contributed by atoms with van der Waals surface area (Å²) in [6, 6.07) is 0. The number of hydrogen-bond acceptors (Lipinski definition) is 1. The predicted molar refractivity (Wildman–Crippen MR) is 45.2 cm³/mol. The van der Waals surface area contributed by atoms with E-state index in [1.807, 2.05) is 11.8 Å². The summed E-state index contributed by atoms with van der Waals surface area (Å²) in [5, 5.41) is 0. The lowest BCUT2D eigenvalue weighted by Crippen LogP contribution is -2.33. The molecule has 11 heavy (non-hydrogen) atoms. The molecule has 1 rings (SSSR count). The maximum atomic E-state index is 11.3. The Morgan fingerprint density at radius 2 is 2.36 bits per heavy atom. The van der Waals surface area contributed by atoms with Crippen molar-refractivity contribution in [3.63, 3.8) is 0 Å². The van der Waals surface area contributed by atoms with Gasteiger partial charge in [0, 0.05) is 19.5 Å². The van der Waals surface area contributed by atoms with Crippen molar-refractivity contribution < 1.29 is 4.79 Å². The molecule has 2 nitrogen and oxygen atoms in total. The highest BCUT2D eigenvalue weighted by Gasteiger charge is 2.11. The summed E-state index contributed by atoms with van der Waals surface area (Å²) in [6.45, 7) is 3.77. The van der Waals surface area contributed by atoms with E-state index in [2.05, 4.69) is 12.2 Å². The Bertz CT molecular complexity index is 163. The van der Waals surface area contributed by atoms with Gasteiger partial charge in [-0.15, -0.1) is 0 Å². The SMILES string of the molecule is CCCC(=O)N1CC=CCC1. The summed E-state index contributed by atoms with van der Waals surface area (Å²) in [7, 11) is 0. The molecule has 0 radical (unpaired) electrons. The van der Waals surface area contributed by atoms with Crippen molar-refractivity contribution in [2.24, 2.45) is 0 Å². The van der Waals surface area contributed by atoms with Gasteiger partial charge in [-0.25, -0.2) is 0 Å². The highest BCUT2D eigenvalue weighted by Crippen LogP contribution is 2.04. The standard InChI is InChI=1S/C9H15NO/c1-2-6-9(11)10-7-4-3-5-8-10/h3-4H,2,5-8H2,1H3. The minimum absolute atomic E-state index is 0.303. The lowest BCUT2D eigenvalue weighted by Gasteiger charge is -2.22. The molecule has 0 fully saturated rings. The fraction of sp³-hybridized carbons (Fsp3) is 0.667. The zero-order valence-corrected chi connectivity index (χ0v) is 7.05. The van der Waals surface area contributed by atoms with Crippen molar-refractivity contribution in [3.05, 3.63) is 12.2 Å². The van der Waals surface area contributed by atoms with Gasteiger partial charge < -0.3 is 4.90 Å². The van der Waals surface area contributed by atoms with Crippen molar-refractivity contribution in [1.82, 2.24) is 4.90 Å². The first-order valence-corrected chi connectivity index (χ1v) is 4.27. The molecule has 0 aliphatic carbocycles. The van der Waals surface area contributed by atoms with Crippen molar-refractivity contribution in [2.45, 2.75) is 26.2 Å². The van der Waals surface area contributed by atoms with Crippen molar-refractivity contribution >= 4 is 5.91 Å². The molecule has 0 aromatic rings. The minimum atomic E-state index is 0.303. The van der Waals surface area contributed by atoms with Crippen LogP contribution in [0.2, 0.25) is 0 Å². The van der Waals surface area contributed by atoms with E-state index in [9.17, 15) is 4.79 Å². The number of carbonyl (C=O) groups is 1. The molecule has 0 saturated carbocycles. The first kappa shape index (κ1) is 8.31. The first-order valence-electron chi connectivity index (χ1n) is 4.27. The highest BCUT2D eigenvalue weighted by atomic mass is 16.2. The smallest absolute Gasteiger partial charge is 0.222 e. The van der Waals surface area contributed by atoms with Crippen LogP contribution in [0.15, 0.2) is 12.2 Å². The van der Waals surface area contributed by atoms with Crippen LogP contribution >= 0.6 is 0 Å². The van der Waals surface area contributed by atoms with Crippen molar-refractivity contribution in [1.29, 1.82) is 0 Å². The van der Waals surface area contributed by atoms with Gasteiger partial charge in [-0.1, -0.05) is 19.1 Å². The van der Waals surface area contributed by atoms with E-state index in [-0.39, 0.29) is 0 Å². The van der Waals surface area contributed by atoms with Crippen LogP contribution in [0.4, 0.5) is 0 Å². The molecule has 0 bridgehead atoms. The van der Waals surface area contributed by atoms with Gasteiger partial charge in [0.2, 0.25) is 5.91 Å². The van der Waals surface area contributed by atoms with E-state index >= 15 is 0 Å². The Morgan fingerprint density at radius 1 is 1.55 bits per heavy atom. The molecule has 1 aliphatic heterocycles. The monoisotopic (exact) mass is 153 g/mol. The normalized spacial score (nSPS) is 17.0. The van der Waals surface area contributed by atoms with Gasteiger partial charge in [-0.2, -0.15) is 0 Å². The molecule has 0 saturated heterocycles. The molecule has 0 unspecified atom stereocenters. The third-order valence-corrected chi connectivity index (χ3v) is 1.87. The van der Waals surface area contributed by atoms with Crippen LogP contribution in [-0.2, 0) is 4.79 Å². The number of hydrogen-bond donors (Lipinski definition) is 0. The zero-order valence-electron chi connectivity index (χ0n) is 7.05. The second-order valence-corrected chi connectivity index (χ2v) is 2.85. The summed E-state index contributed by atoms with van der Waals surface area (Å²) >= 11 is 0. The van der Waals surface area contributed by atoms with Crippen LogP contribution < -0.4 is 0 Å². The molecule has 1 amide bonds. The lowest BCUT2D eigenvalue weighted by atomic mass is 10.2. The number of nitrogens with zero attached hydrogens (tertiary/aromatic N) is 1. The van der Waals surface area contributed by atoms with Crippen LogP contribution in [0.3, 0.4) is 0 Å². The van der Waals surface area contributed by atoms with Gasteiger partial charge in [0.05, 0.1) is 0 Å². The fourth-order valence-corrected chi connectivity index (χ4v) is 1.24. The van der Waals surface area contributed by atoms with Crippen LogP contribution in [0, 0.1) is 0 Å². The molecule has 0 spiro atoms. The molecule has 1 aliphatic rings. The lowest BCUT2D eigenvalue weighted by molar-refractivity contribution is -0.130. The molecule has 1 heterocycles. The average molecular weight is 153 g/mol. The van der Waals surface area contributed by atoms with Gasteiger partial charge in [-0.3, -0.25) is 4.79 Å².